The Morgan fingerprint density at radius 2 is 0.709 bits per heavy atom. The molecule has 0 spiro atoms. The van der Waals surface area contributed by atoms with Crippen molar-refractivity contribution in [3.8, 4) is 50.2 Å². The first kappa shape index (κ1) is 32.7. The lowest BCUT2D eigenvalue weighted by atomic mass is 9.85. The van der Waals surface area contributed by atoms with Crippen LogP contribution in [0.4, 0.5) is 13.2 Å². The van der Waals surface area contributed by atoms with Gasteiger partial charge in [-0.1, -0.05) is 140 Å². The molecule has 10 rings (SSSR count). The smallest absolute Gasteiger partial charge is 0.309 e. The minimum Gasteiger partial charge on any atom is -0.309 e. The molecule has 0 unspecified atom stereocenters. The first-order valence-electron chi connectivity index (χ1n) is 18.3. The highest BCUT2D eigenvalue weighted by Gasteiger charge is 2.30. The molecule has 0 N–H and O–H groups in total. The van der Waals surface area contributed by atoms with Crippen molar-refractivity contribution in [2.45, 2.75) is 6.18 Å². The molecule has 0 bridgehead atoms. The van der Waals surface area contributed by atoms with E-state index in [1.807, 2.05) is 24.3 Å². The number of alkyl halides is 3. The predicted molar refractivity (Wildman–Crippen MR) is 223 cm³/mol. The molecule has 55 heavy (non-hydrogen) atoms. The molecule has 0 saturated carbocycles. The quantitative estimate of drug-likeness (QED) is 0.156. The lowest BCUT2D eigenvalue weighted by Gasteiger charge is -2.18. The van der Waals surface area contributed by atoms with Crippen LogP contribution < -0.4 is 0 Å². The molecule has 4 heteroatoms. The Bertz CT molecular complexity index is 3030. The SMILES string of the molecule is FC(F)(F)c1ccc(-c2ccc3c(c2)c2cc(-c4ccc5c(-c6ccccc6)c6ccccc6c(-c6ccccc6)c5c4)ccc2n3-c2ccccc2)cc1. The van der Waals surface area contributed by atoms with Crippen LogP contribution in [0, 0.1) is 0 Å². The minimum absolute atomic E-state index is 0.655. The molecule has 1 aromatic heterocycles. The number of para-hydroxylation sites is 1. The third kappa shape index (κ3) is 5.57. The molecule has 0 saturated heterocycles. The van der Waals surface area contributed by atoms with E-state index in [-0.39, 0.29) is 0 Å². The van der Waals surface area contributed by atoms with E-state index in [0.717, 1.165) is 67.4 Å². The molecule has 0 aliphatic heterocycles. The van der Waals surface area contributed by atoms with Crippen LogP contribution >= 0.6 is 0 Å². The molecule has 1 heterocycles. The standard InChI is InChI=1S/C51H32F3N/c52-51(53,54)39-25-20-33(21-26-39)36-23-28-47-44(30-36)45-31-38(24-29-48(45)55(47)40-16-8-3-9-17-40)37-22-27-43-46(32-37)50(35-14-6-2-7-15-35)42-19-11-10-18-41(42)49(43)34-12-4-1-5-13-34/h1-32H. The predicted octanol–water partition coefficient (Wildman–Crippen LogP) is 14.8. The maximum Gasteiger partial charge on any atom is 0.416 e. The molecule has 0 radical (unpaired) electrons. The van der Waals surface area contributed by atoms with Crippen molar-refractivity contribution in [3.63, 3.8) is 0 Å². The molecule has 9 aromatic carbocycles. The zero-order chi connectivity index (χ0) is 37.1. The average molecular weight is 716 g/mol. The topological polar surface area (TPSA) is 4.93 Å². The van der Waals surface area contributed by atoms with E-state index in [1.54, 1.807) is 12.1 Å². The van der Waals surface area contributed by atoms with E-state index in [2.05, 4.69) is 150 Å². The Hall–Kier alpha value is -6.91. The monoisotopic (exact) mass is 715 g/mol. The summed E-state index contributed by atoms with van der Waals surface area (Å²) >= 11 is 0. The summed E-state index contributed by atoms with van der Waals surface area (Å²) in [7, 11) is 0. The van der Waals surface area contributed by atoms with E-state index >= 15 is 0 Å². The largest absolute Gasteiger partial charge is 0.416 e. The lowest BCUT2D eigenvalue weighted by molar-refractivity contribution is -0.137. The zero-order valence-corrected chi connectivity index (χ0v) is 29.6. The van der Waals surface area contributed by atoms with Gasteiger partial charge in [0.25, 0.3) is 0 Å². The molecule has 262 valence electrons. The number of rotatable bonds is 5. The van der Waals surface area contributed by atoms with Gasteiger partial charge in [-0.3, -0.25) is 0 Å². The number of benzene rings is 9. The van der Waals surface area contributed by atoms with Crippen LogP contribution in [0.25, 0.3) is 93.5 Å². The molecular formula is C51H32F3N. The molecule has 1 nitrogen and oxygen atoms in total. The Kier molecular flexibility index (Phi) is 7.67. The van der Waals surface area contributed by atoms with Crippen LogP contribution in [0.1, 0.15) is 5.56 Å². The van der Waals surface area contributed by atoms with Crippen LogP contribution in [-0.2, 0) is 6.18 Å². The van der Waals surface area contributed by atoms with Gasteiger partial charge in [-0.15, -0.1) is 0 Å². The molecule has 0 aliphatic rings. The Labute approximate surface area is 316 Å². The van der Waals surface area contributed by atoms with Crippen molar-refractivity contribution in [2.24, 2.45) is 0 Å². The third-order valence-corrected chi connectivity index (χ3v) is 10.8. The molecule has 0 atom stereocenters. The van der Waals surface area contributed by atoms with Gasteiger partial charge in [-0.25, -0.2) is 0 Å². The van der Waals surface area contributed by atoms with E-state index in [0.29, 0.717) is 0 Å². The Morgan fingerprint density at radius 3 is 1.24 bits per heavy atom. The summed E-state index contributed by atoms with van der Waals surface area (Å²) in [6.07, 6.45) is -4.39. The highest BCUT2D eigenvalue weighted by molar-refractivity contribution is 6.22. The summed E-state index contributed by atoms with van der Waals surface area (Å²) in [6.45, 7) is 0. The van der Waals surface area contributed by atoms with Crippen LogP contribution in [0.3, 0.4) is 0 Å². The normalized spacial score (nSPS) is 11.9. The molecule has 0 amide bonds. The van der Waals surface area contributed by atoms with E-state index < -0.39 is 11.7 Å². The number of fused-ring (bicyclic) bond motifs is 5. The van der Waals surface area contributed by atoms with Gasteiger partial charge in [0.2, 0.25) is 0 Å². The van der Waals surface area contributed by atoms with Crippen molar-refractivity contribution in [3.05, 3.63) is 200 Å². The van der Waals surface area contributed by atoms with Crippen LogP contribution in [0.15, 0.2) is 194 Å². The van der Waals surface area contributed by atoms with Gasteiger partial charge < -0.3 is 4.57 Å². The Balaban J connectivity index is 1.22. The number of nitrogens with zero attached hydrogens (tertiary/aromatic N) is 1. The van der Waals surface area contributed by atoms with Gasteiger partial charge >= 0.3 is 6.18 Å². The fourth-order valence-electron chi connectivity index (χ4n) is 8.28. The van der Waals surface area contributed by atoms with Gasteiger partial charge in [0.05, 0.1) is 16.6 Å². The zero-order valence-electron chi connectivity index (χ0n) is 29.6. The van der Waals surface area contributed by atoms with Crippen LogP contribution in [-0.4, -0.2) is 4.57 Å². The van der Waals surface area contributed by atoms with Crippen LogP contribution in [0.2, 0.25) is 0 Å². The van der Waals surface area contributed by atoms with Gasteiger partial charge in [-0.2, -0.15) is 13.2 Å². The third-order valence-electron chi connectivity index (χ3n) is 10.8. The fraction of sp³-hybridized carbons (Fsp3) is 0.0196. The van der Waals surface area contributed by atoms with E-state index in [9.17, 15) is 13.2 Å². The highest BCUT2D eigenvalue weighted by Crippen LogP contribution is 2.45. The lowest BCUT2D eigenvalue weighted by Crippen LogP contribution is -2.03. The molecule has 10 aromatic rings. The van der Waals surface area contributed by atoms with Gasteiger partial charge in [0, 0.05) is 16.5 Å². The van der Waals surface area contributed by atoms with E-state index in [1.165, 1.54) is 38.2 Å². The second-order valence-electron chi connectivity index (χ2n) is 14.0. The summed E-state index contributed by atoms with van der Waals surface area (Å²) in [5.41, 5.74) is 11.0. The summed E-state index contributed by atoms with van der Waals surface area (Å²) in [5.74, 6) is 0. The fourth-order valence-corrected chi connectivity index (χ4v) is 8.28. The summed E-state index contributed by atoms with van der Waals surface area (Å²) < 4.78 is 42.5. The molecule has 0 fully saturated rings. The number of hydrogen-bond acceptors (Lipinski definition) is 0. The summed E-state index contributed by atoms with van der Waals surface area (Å²) in [6, 6.07) is 65.3. The second kappa shape index (κ2) is 12.9. The number of hydrogen-bond donors (Lipinski definition) is 0. The first-order chi connectivity index (χ1) is 26.9. The minimum atomic E-state index is -4.39. The first-order valence-corrected chi connectivity index (χ1v) is 18.3. The summed E-state index contributed by atoms with van der Waals surface area (Å²) in [5, 5.41) is 6.88. The van der Waals surface area contributed by atoms with Crippen LogP contribution in [0.5, 0.6) is 0 Å². The maximum absolute atomic E-state index is 13.4. The van der Waals surface area contributed by atoms with Crippen molar-refractivity contribution in [1.29, 1.82) is 0 Å². The second-order valence-corrected chi connectivity index (χ2v) is 14.0. The maximum atomic E-state index is 13.4. The number of halogens is 3. The molecule has 0 aliphatic carbocycles. The van der Waals surface area contributed by atoms with Gasteiger partial charge in [-0.05, 0) is 121 Å². The van der Waals surface area contributed by atoms with Crippen molar-refractivity contribution in [1.82, 2.24) is 4.57 Å². The van der Waals surface area contributed by atoms with E-state index in [4.69, 9.17) is 0 Å². The molecular weight excluding hydrogens is 684 g/mol. The van der Waals surface area contributed by atoms with Crippen molar-refractivity contribution < 1.29 is 13.2 Å². The van der Waals surface area contributed by atoms with Crippen molar-refractivity contribution in [2.75, 3.05) is 0 Å². The average Bonchev–Trinajstić information content (AvgIpc) is 3.56. The summed E-state index contributed by atoms with van der Waals surface area (Å²) in [4.78, 5) is 0. The van der Waals surface area contributed by atoms with Gasteiger partial charge in [0.1, 0.15) is 0 Å². The Morgan fingerprint density at radius 1 is 0.309 bits per heavy atom. The van der Waals surface area contributed by atoms with Gasteiger partial charge in [0.15, 0.2) is 0 Å². The van der Waals surface area contributed by atoms with Crippen molar-refractivity contribution >= 4 is 43.4 Å². The number of aromatic nitrogens is 1. The highest BCUT2D eigenvalue weighted by atomic mass is 19.4.